The molecule has 20 heavy (non-hydrogen) atoms. The Kier molecular flexibility index (Phi) is 3.87. The lowest BCUT2D eigenvalue weighted by Gasteiger charge is -2.09. The van der Waals surface area contributed by atoms with Crippen LogP contribution in [-0.4, -0.2) is 5.91 Å². The topological polar surface area (TPSA) is 102 Å². The van der Waals surface area contributed by atoms with E-state index in [1.807, 2.05) is 6.07 Å². The fourth-order valence-electron chi connectivity index (χ4n) is 1.73. The van der Waals surface area contributed by atoms with Crippen molar-refractivity contribution in [2.75, 3.05) is 5.73 Å². The summed E-state index contributed by atoms with van der Waals surface area (Å²) in [7, 11) is 0. The van der Waals surface area contributed by atoms with Crippen LogP contribution >= 0.6 is 0 Å². The molecular formula is C15H13N3O2. The molecule has 2 aromatic carbocycles. The van der Waals surface area contributed by atoms with Gasteiger partial charge in [-0.25, -0.2) is 0 Å². The predicted molar refractivity (Wildman–Crippen MR) is 75.2 cm³/mol. The van der Waals surface area contributed by atoms with Crippen LogP contribution in [0.15, 0.2) is 42.5 Å². The van der Waals surface area contributed by atoms with E-state index in [1.54, 1.807) is 42.5 Å². The lowest BCUT2D eigenvalue weighted by molar-refractivity contribution is 0.1000. The minimum Gasteiger partial charge on any atom is -0.457 e. The summed E-state index contributed by atoms with van der Waals surface area (Å²) in [6.07, 6.45) is 0.213. The number of ether oxygens (including phenoxy) is 1. The highest BCUT2D eigenvalue weighted by atomic mass is 16.5. The number of rotatable bonds is 4. The third-order valence-corrected chi connectivity index (χ3v) is 2.74. The highest BCUT2D eigenvalue weighted by molar-refractivity contribution is 5.93. The largest absolute Gasteiger partial charge is 0.457 e. The second-order valence-electron chi connectivity index (χ2n) is 4.19. The lowest BCUT2D eigenvalue weighted by Crippen LogP contribution is -2.10. The number of carbonyl (C=O) groups is 1. The minimum absolute atomic E-state index is 0.213. The zero-order valence-electron chi connectivity index (χ0n) is 10.7. The number of nitrogens with two attached hydrogens (primary N) is 2. The van der Waals surface area contributed by atoms with E-state index in [9.17, 15) is 4.79 Å². The first kappa shape index (κ1) is 13.4. The molecule has 100 valence electrons. The Labute approximate surface area is 116 Å². The predicted octanol–water partition coefficient (Wildman–Crippen LogP) is 2.23. The third-order valence-electron chi connectivity index (χ3n) is 2.74. The number of primary amides is 1. The van der Waals surface area contributed by atoms with Gasteiger partial charge in [0.2, 0.25) is 5.91 Å². The number of nitriles is 1. The maximum atomic E-state index is 11.1. The summed E-state index contributed by atoms with van der Waals surface area (Å²) in [6, 6.07) is 13.7. The molecule has 0 radical (unpaired) electrons. The smallest absolute Gasteiger partial charge is 0.248 e. The van der Waals surface area contributed by atoms with E-state index in [0.717, 1.165) is 0 Å². The molecule has 0 aromatic heterocycles. The summed E-state index contributed by atoms with van der Waals surface area (Å²) in [6.45, 7) is 0. The lowest BCUT2D eigenvalue weighted by atomic mass is 10.1. The zero-order chi connectivity index (χ0) is 14.5. The van der Waals surface area contributed by atoms with Crippen LogP contribution in [0.1, 0.15) is 15.9 Å². The Hall–Kier alpha value is -3.00. The summed E-state index contributed by atoms with van der Waals surface area (Å²) < 4.78 is 5.64. The second kappa shape index (κ2) is 5.76. The van der Waals surface area contributed by atoms with Crippen LogP contribution in [0.3, 0.4) is 0 Å². The highest BCUT2D eigenvalue weighted by Crippen LogP contribution is 2.26. The van der Waals surface area contributed by atoms with Gasteiger partial charge in [-0.15, -0.1) is 0 Å². The van der Waals surface area contributed by atoms with Gasteiger partial charge in [0.05, 0.1) is 12.5 Å². The highest BCUT2D eigenvalue weighted by Gasteiger charge is 2.05. The van der Waals surface area contributed by atoms with Crippen molar-refractivity contribution in [1.29, 1.82) is 5.26 Å². The van der Waals surface area contributed by atoms with Gasteiger partial charge in [-0.2, -0.15) is 5.26 Å². The van der Waals surface area contributed by atoms with E-state index in [-0.39, 0.29) is 6.42 Å². The van der Waals surface area contributed by atoms with Crippen molar-refractivity contribution in [3.05, 3.63) is 53.6 Å². The molecule has 1 amide bonds. The number of hydrogen-bond acceptors (Lipinski definition) is 4. The number of nitrogens with zero attached hydrogens (tertiary/aromatic N) is 1. The van der Waals surface area contributed by atoms with Crippen molar-refractivity contribution in [2.24, 2.45) is 5.73 Å². The Balaban J connectivity index is 2.26. The number of anilines is 1. The van der Waals surface area contributed by atoms with Gasteiger partial charge in [-0.05, 0) is 42.0 Å². The molecule has 2 aromatic rings. The molecule has 0 aliphatic carbocycles. The summed E-state index contributed by atoms with van der Waals surface area (Å²) in [4.78, 5) is 11.1. The van der Waals surface area contributed by atoms with Crippen LogP contribution in [-0.2, 0) is 6.42 Å². The van der Waals surface area contributed by atoms with Crippen LogP contribution in [0.4, 0.5) is 5.69 Å². The van der Waals surface area contributed by atoms with Crippen molar-refractivity contribution < 1.29 is 9.53 Å². The fourth-order valence-corrected chi connectivity index (χ4v) is 1.73. The molecule has 0 aliphatic rings. The molecule has 0 aliphatic heterocycles. The summed E-state index contributed by atoms with van der Waals surface area (Å²) >= 11 is 0. The first-order chi connectivity index (χ1) is 9.60. The van der Waals surface area contributed by atoms with E-state index < -0.39 is 5.91 Å². The van der Waals surface area contributed by atoms with Gasteiger partial charge < -0.3 is 16.2 Å². The number of nitrogen functional groups attached to an aromatic ring is 1. The molecule has 0 saturated heterocycles. The van der Waals surface area contributed by atoms with Gasteiger partial charge in [0, 0.05) is 11.3 Å². The molecule has 0 atom stereocenters. The summed E-state index contributed by atoms with van der Waals surface area (Å²) in [5.41, 5.74) is 12.6. The molecule has 5 nitrogen and oxygen atoms in total. The normalized spacial score (nSPS) is 9.75. The molecule has 2 rings (SSSR count). The summed E-state index contributed by atoms with van der Waals surface area (Å²) in [5.74, 6) is 0.526. The maximum Gasteiger partial charge on any atom is 0.248 e. The molecule has 0 unspecified atom stereocenters. The molecule has 5 heteroatoms. The average Bonchev–Trinajstić information content (AvgIpc) is 2.43. The van der Waals surface area contributed by atoms with Crippen molar-refractivity contribution in [3.8, 4) is 17.6 Å². The molecule has 0 heterocycles. The van der Waals surface area contributed by atoms with Crippen LogP contribution in [0, 0.1) is 11.3 Å². The Morgan fingerprint density at radius 2 is 1.95 bits per heavy atom. The molecule has 0 bridgehead atoms. The second-order valence-corrected chi connectivity index (χ2v) is 4.19. The van der Waals surface area contributed by atoms with E-state index >= 15 is 0 Å². The Bertz CT molecular complexity index is 690. The fraction of sp³-hybridized carbons (Fsp3) is 0.0667. The quantitative estimate of drug-likeness (QED) is 0.829. The van der Waals surface area contributed by atoms with Gasteiger partial charge in [-0.3, -0.25) is 4.79 Å². The van der Waals surface area contributed by atoms with E-state index in [2.05, 4.69) is 0 Å². The van der Waals surface area contributed by atoms with Gasteiger partial charge in [0.1, 0.15) is 11.5 Å². The number of carbonyl (C=O) groups excluding carboxylic acids is 1. The number of amides is 1. The van der Waals surface area contributed by atoms with E-state index in [4.69, 9.17) is 21.5 Å². The summed E-state index contributed by atoms with van der Waals surface area (Å²) in [5, 5.41) is 8.72. The molecular weight excluding hydrogens is 254 g/mol. The maximum absolute atomic E-state index is 11.1. The van der Waals surface area contributed by atoms with Crippen molar-refractivity contribution in [2.45, 2.75) is 6.42 Å². The van der Waals surface area contributed by atoms with Crippen molar-refractivity contribution >= 4 is 11.6 Å². The first-order valence-electron chi connectivity index (χ1n) is 5.93. The minimum atomic E-state index is -0.516. The van der Waals surface area contributed by atoms with Crippen LogP contribution < -0.4 is 16.2 Å². The van der Waals surface area contributed by atoms with Crippen LogP contribution in [0.5, 0.6) is 11.5 Å². The van der Waals surface area contributed by atoms with Crippen molar-refractivity contribution in [3.63, 3.8) is 0 Å². The SMILES string of the molecule is N#CCc1cc(Oc2cccc(C(N)=O)c2)ccc1N. The van der Waals surface area contributed by atoms with Gasteiger partial charge in [0.15, 0.2) is 0 Å². The van der Waals surface area contributed by atoms with Gasteiger partial charge in [0.25, 0.3) is 0 Å². The van der Waals surface area contributed by atoms with Crippen LogP contribution in [0.25, 0.3) is 0 Å². The Morgan fingerprint density at radius 1 is 1.20 bits per heavy atom. The molecule has 0 fully saturated rings. The van der Waals surface area contributed by atoms with Gasteiger partial charge >= 0.3 is 0 Å². The standard InChI is InChI=1S/C15H13N3O2/c16-7-6-10-8-13(4-5-14(10)17)20-12-3-1-2-11(9-12)15(18)19/h1-5,8-9H,6,17H2,(H2,18,19). The average molecular weight is 267 g/mol. The Morgan fingerprint density at radius 3 is 2.65 bits per heavy atom. The van der Waals surface area contributed by atoms with Crippen molar-refractivity contribution in [1.82, 2.24) is 0 Å². The monoisotopic (exact) mass is 267 g/mol. The number of hydrogen-bond donors (Lipinski definition) is 2. The van der Waals surface area contributed by atoms with Gasteiger partial charge in [-0.1, -0.05) is 6.07 Å². The zero-order valence-corrected chi connectivity index (χ0v) is 10.7. The molecule has 4 N–H and O–H groups in total. The molecule has 0 spiro atoms. The van der Waals surface area contributed by atoms with E-state index in [1.165, 1.54) is 0 Å². The first-order valence-corrected chi connectivity index (χ1v) is 5.93. The van der Waals surface area contributed by atoms with E-state index in [0.29, 0.717) is 28.3 Å². The third kappa shape index (κ3) is 3.06. The molecule has 0 saturated carbocycles. The number of benzene rings is 2. The van der Waals surface area contributed by atoms with Crippen LogP contribution in [0.2, 0.25) is 0 Å².